The molecule has 3 rings (SSSR count). The first-order valence-corrected chi connectivity index (χ1v) is 5.25. The fourth-order valence-electron chi connectivity index (χ4n) is 1.94. The molecule has 1 aliphatic rings. The Hall–Kier alpha value is -1.91. The van der Waals surface area contributed by atoms with Crippen LogP contribution >= 0.6 is 0 Å². The van der Waals surface area contributed by atoms with Gasteiger partial charge in [-0.1, -0.05) is 0 Å². The Morgan fingerprint density at radius 3 is 2.94 bits per heavy atom. The van der Waals surface area contributed by atoms with E-state index in [1.165, 1.54) is 12.8 Å². The van der Waals surface area contributed by atoms with Gasteiger partial charge in [-0.3, -0.25) is 0 Å². The highest BCUT2D eigenvalue weighted by Crippen LogP contribution is 2.39. The number of hydrogen-bond acceptors (Lipinski definition) is 3. The lowest BCUT2D eigenvalue weighted by Crippen LogP contribution is -1.99. The Morgan fingerprint density at radius 1 is 1.56 bits per heavy atom. The Bertz CT molecular complexity index is 584. The summed E-state index contributed by atoms with van der Waals surface area (Å²) in [7, 11) is 0. The summed E-state index contributed by atoms with van der Waals surface area (Å²) < 4.78 is 1.58. The maximum Gasteiger partial charge on any atom is 0.341 e. The number of fused-ring (bicyclic) bond motifs is 1. The predicted octanol–water partition coefficient (Wildman–Crippen LogP) is 1.61. The van der Waals surface area contributed by atoms with E-state index in [-0.39, 0.29) is 5.56 Å². The van der Waals surface area contributed by atoms with Gasteiger partial charge in [-0.15, -0.1) is 0 Å². The lowest BCUT2D eigenvalue weighted by molar-refractivity contribution is 0.0698. The average Bonchev–Trinajstić information content (AvgIpc) is 2.99. The number of carbonyl (C=O) groups is 1. The molecule has 1 N–H and O–H groups in total. The van der Waals surface area contributed by atoms with Crippen molar-refractivity contribution in [2.45, 2.75) is 25.7 Å². The number of carboxylic acids is 1. The lowest BCUT2D eigenvalue weighted by Gasteiger charge is -1.98. The van der Waals surface area contributed by atoms with Crippen LogP contribution in [0.3, 0.4) is 0 Å². The van der Waals surface area contributed by atoms with Crippen molar-refractivity contribution < 1.29 is 9.90 Å². The van der Waals surface area contributed by atoms with Crippen LogP contribution < -0.4 is 0 Å². The minimum Gasteiger partial charge on any atom is -0.477 e. The number of aromatic nitrogens is 3. The highest BCUT2D eigenvalue weighted by atomic mass is 16.4. The Kier molecular flexibility index (Phi) is 1.77. The van der Waals surface area contributed by atoms with Gasteiger partial charge >= 0.3 is 5.97 Å². The Labute approximate surface area is 91.7 Å². The monoisotopic (exact) mass is 217 g/mol. The van der Waals surface area contributed by atoms with Crippen molar-refractivity contribution in [1.82, 2.24) is 14.6 Å². The molecular formula is C11H11N3O2. The molecule has 1 saturated carbocycles. The van der Waals surface area contributed by atoms with E-state index in [0.29, 0.717) is 17.3 Å². The fraction of sp³-hybridized carbons (Fsp3) is 0.364. The fourth-order valence-corrected chi connectivity index (χ4v) is 1.94. The molecule has 0 amide bonds. The van der Waals surface area contributed by atoms with Gasteiger partial charge in [0, 0.05) is 12.4 Å². The van der Waals surface area contributed by atoms with Gasteiger partial charge in [-0.25, -0.2) is 14.3 Å². The van der Waals surface area contributed by atoms with E-state index in [1.54, 1.807) is 17.6 Å². The summed E-state index contributed by atoms with van der Waals surface area (Å²) >= 11 is 0. The van der Waals surface area contributed by atoms with Crippen LogP contribution in [0.5, 0.6) is 0 Å². The van der Waals surface area contributed by atoms with Crippen molar-refractivity contribution >= 4 is 11.6 Å². The molecule has 1 aliphatic carbocycles. The van der Waals surface area contributed by atoms with Gasteiger partial charge in [-0.05, 0) is 31.2 Å². The quantitative estimate of drug-likeness (QED) is 0.829. The van der Waals surface area contributed by atoms with Gasteiger partial charge < -0.3 is 5.11 Å². The minimum absolute atomic E-state index is 0.197. The van der Waals surface area contributed by atoms with Crippen molar-refractivity contribution in [3.8, 4) is 0 Å². The van der Waals surface area contributed by atoms with Crippen LogP contribution in [-0.4, -0.2) is 25.7 Å². The van der Waals surface area contributed by atoms with E-state index in [4.69, 9.17) is 5.11 Å². The van der Waals surface area contributed by atoms with Crippen LogP contribution in [0.2, 0.25) is 0 Å². The molecule has 0 bridgehead atoms. The first-order valence-electron chi connectivity index (χ1n) is 5.25. The van der Waals surface area contributed by atoms with Crippen molar-refractivity contribution in [1.29, 1.82) is 0 Å². The predicted molar refractivity (Wildman–Crippen MR) is 56.7 cm³/mol. The van der Waals surface area contributed by atoms with E-state index >= 15 is 0 Å². The van der Waals surface area contributed by atoms with Crippen molar-refractivity contribution in [3.63, 3.8) is 0 Å². The van der Waals surface area contributed by atoms with Gasteiger partial charge in [0.1, 0.15) is 5.56 Å². The zero-order chi connectivity index (χ0) is 11.3. The summed E-state index contributed by atoms with van der Waals surface area (Å²) in [4.78, 5) is 15.2. The molecule has 5 heteroatoms. The van der Waals surface area contributed by atoms with E-state index in [0.717, 1.165) is 5.56 Å². The standard InChI is InChI=1S/C11H11N3O2/c1-6-9(11(15)16)10-12-4-8(7-2-3-7)5-14(10)13-6/h4-5,7H,2-3H2,1H3,(H,15,16). The van der Waals surface area contributed by atoms with Crippen molar-refractivity contribution in [3.05, 3.63) is 29.2 Å². The molecule has 2 heterocycles. The number of hydrogen-bond donors (Lipinski definition) is 1. The molecule has 0 aliphatic heterocycles. The zero-order valence-electron chi connectivity index (χ0n) is 8.84. The normalized spacial score (nSPS) is 15.6. The number of nitrogens with zero attached hydrogens (tertiary/aromatic N) is 3. The average molecular weight is 217 g/mol. The first-order chi connectivity index (χ1) is 7.66. The summed E-state index contributed by atoms with van der Waals surface area (Å²) in [5.74, 6) is -0.381. The van der Waals surface area contributed by atoms with E-state index in [1.807, 2.05) is 6.20 Å². The highest BCUT2D eigenvalue weighted by Gasteiger charge is 2.25. The molecule has 0 unspecified atom stereocenters. The minimum atomic E-state index is -0.973. The van der Waals surface area contributed by atoms with Crippen LogP contribution in [0.1, 0.15) is 40.4 Å². The van der Waals surface area contributed by atoms with Crippen molar-refractivity contribution in [2.24, 2.45) is 0 Å². The molecule has 16 heavy (non-hydrogen) atoms. The zero-order valence-corrected chi connectivity index (χ0v) is 8.84. The molecular weight excluding hydrogens is 206 g/mol. The van der Waals surface area contributed by atoms with Gasteiger partial charge in [-0.2, -0.15) is 5.10 Å². The maximum absolute atomic E-state index is 11.0. The van der Waals surface area contributed by atoms with Crippen molar-refractivity contribution in [2.75, 3.05) is 0 Å². The molecule has 0 saturated heterocycles. The molecule has 0 aromatic carbocycles. The van der Waals surface area contributed by atoms with Gasteiger partial charge in [0.25, 0.3) is 0 Å². The topological polar surface area (TPSA) is 67.5 Å². The summed E-state index contributed by atoms with van der Waals surface area (Å²) in [6, 6.07) is 0. The summed E-state index contributed by atoms with van der Waals surface area (Å²) in [6.45, 7) is 1.69. The number of aromatic carboxylic acids is 1. The second-order valence-corrected chi connectivity index (χ2v) is 4.20. The summed E-state index contributed by atoms with van der Waals surface area (Å²) in [6.07, 6.45) is 6.04. The third-order valence-corrected chi connectivity index (χ3v) is 2.93. The first kappa shape index (κ1) is 9.33. The second-order valence-electron chi connectivity index (χ2n) is 4.20. The maximum atomic E-state index is 11.0. The summed E-state index contributed by atoms with van der Waals surface area (Å²) in [5, 5.41) is 13.2. The molecule has 1 fully saturated rings. The van der Waals surface area contributed by atoms with Crippen LogP contribution in [0, 0.1) is 6.92 Å². The number of aryl methyl sites for hydroxylation is 1. The lowest BCUT2D eigenvalue weighted by atomic mass is 10.2. The van der Waals surface area contributed by atoms with Gasteiger partial charge in [0.15, 0.2) is 5.65 Å². The van der Waals surface area contributed by atoms with Crippen LogP contribution in [0.15, 0.2) is 12.4 Å². The largest absolute Gasteiger partial charge is 0.477 e. The highest BCUT2D eigenvalue weighted by molar-refractivity contribution is 5.95. The molecule has 0 atom stereocenters. The smallest absolute Gasteiger partial charge is 0.341 e. The molecule has 5 nitrogen and oxygen atoms in total. The van der Waals surface area contributed by atoms with Gasteiger partial charge in [0.2, 0.25) is 0 Å². The second kappa shape index (κ2) is 3.04. The van der Waals surface area contributed by atoms with Crippen LogP contribution in [-0.2, 0) is 0 Å². The molecule has 0 spiro atoms. The molecule has 2 aromatic rings. The third-order valence-electron chi connectivity index (χ3n) is 2.93. The molecule has 2 aromatic heterocycles. The Morgan fingerprint density at radius 2 is 2.31 bits per heavy atom. The number of carboxylic acid groups (broad SMARTS) is 1. The SMILES string of the molecule is Cc1nn2cc(C3CC3)cnc2c1C(=O)O. The van der Waals surface area contributed by atoms with E-state index in [2.05, 4.69) is 10.1 Å². The van der Waals surface area contributed by atoms with Gasteiger partial charge in [0.05, 0.1) is 5.69 Å². The Balaban J connectivity index is 2.22. The van der Waals surface area contributed by atoms with E-state index < -0.39 is 5.97 Å². The van der Waals surface area contributed by atoms with E-state index in [9.17, 15) is 4.79 Å². The van der Waals surface area contributed by atoms with Crippen LogP contribution in [0.4, 0.5) is 0 Å². The molecule has 82 valence electrons. The number of rotatable bonds is 2. The molecule has 0 radical (unpaired) electrons. The summed E-state index contributed by atoms with van der Waals surface area (Å²) in [5.41, 5.74) is 2.27. The van der Waals surface area contributed by atoms with Crippen LogP contribution in [0.25, 0.3) is 5.65 Å². The third kappa shape index (κ3) is 1.28.